The van der Waals surface area contributed by atoms with Crippen molar-refractivity contribution in [2.24, 2.45) is 11.8 Å². The Morgan fingerprint density at radius 1 is 1.07 bits per heavy atom. The van der Waals surface area contributed by atoms with Gasteiger partial charge in [-0.3, -0.25) is 24.1 Å². The van der Waals surface area contributed by atoms with Gasteiger partial charge in [0.05, 0.1) is 18.3 Å². The van der Waals surface area contributed by atoms with E-state index >= 15 is 0 Å². The molecular weight excluding hydrogens is 360 g/mol. The first-order valence-corrected chi connectivity index (χ1v) is 9.75. The number of benzene rings is 1. The normalized spacial score (nSPS) is 21.4. The molecule has 2 fully saturated rings. The molecule has 0 radical (unpaired) electrons. The number of carbonyl (C=O) groups is 4. The maximum atomic E-state index is 12.4. The Morgan fingerprint density at radius 3 is 2.32 bits per heavy atom. The number of rotatable bonds is 6. The van der Waals surface area contributed by atoms with Crippen LogP contribution >= 0.6 is 0 Å². The van der Waals surface area contributed by atoms with E-state index in [4.69, 9.17) is 4.74 Å². The molecule has 0 aromatic heterocycles. The van der Waals surface area contributed by atoms with E-state index in [1.807, 2.05) is 26.0 Å². The van der Waals surface area contributed by atoms with E-state index in [2.05, 4.69) is 5.32 Å². The third-order valence-electron chi connectivity index (χ3n) is 5.63. The summed E-state index contributed by atoms with van der Waals surface area (Å²) in [6.45, 7) is 3.54. The lowest BCUT2D eigenvalue weighted by atomic mass is 9.81. The number of nitrogens with one attached hydrogen (secondary N) is 1. The summed E-state index contributed by atoms with van der Waals surface area (Å²) in [5, 5.41) is 2.68. The number of carbonyl (C=O) groups excluding carboxylic acids is 4. The maximum Gasteiger partial charge on any atom is 0.308 e. The van der Waals surface area contributed by atoms with Crippen molar-refractivity contribution in [2.45, 2.75) is 46.0 Å². The molecule has 2 aliphatic rings. The number of esters is 1. The van der Waals surface area contributed by atoms with Crippen molar-refractivity contribution in [1.29, 1.82) is 0 Å². The van der Waals surface area contributed by atoms with Gasteiger partial charge >= 0.3 is 5.97 Å². The van der Waals surface area contributed by atoms with Crippen LogP contribution in [0.15, 0.2) is 18.2 Å². The number of fused-ring (bicyclic) bond motifs is 1. The Labute approximate surface area is 164 Å². The number of aryl methyl sites for hydroxylation is 2. The molecule has 28 heavy (non-hydrogen) atoms. The predicted octanol–water partition coefficient (Wildman–Crippen LogP) is 2.35. The minimum Gasteiger partial charge on any atom is -0.456 e. The topological polar surface area (TPSA) is 92.8 Å². The Hall–Kier alpha value is -2.70. The lowest BCUT2D eigenvalue weighted by molar-refractivity contribution is -0.148. The van der Waals surface area contributed by atoms with Crippen LogP contribution in [0.1, 0.15) is 43.2 Å². The molecule has 1 N–H and O–H groups in total. The predicted molar refractivity (Wildman–Crippen MR) is 102 cm³/mol. The quantitative estimate of drug-likeness (QED) is 0.598. The molecule has 1 aliphatic heterocycles. The van der Waals surface area contributed by atoms with E-state index < -0.39 is 18.5 Å². The van der Waals surface area contributed by atoms with E-state index in [-0.39, 0.29) is 36.6 Å². The summed E-state index contributed by atoms with van der Waals surface area (Å²) in [5.74, 6) is -1.83. The number of imide groups is 1. The minimum atomic E-state index is -0.606. The Balaban J connectivity index is 1.43. The van der Waals surface area contributed by atoms with Crippen molar-refractivity contribution in [3.05, 3.63) is 29.3 Å². The van der Waals surface area contributed by atoms with Crippen LogP contribution in [0.2, 0.25) is 0 Å². The van der Waals surface area contributed by atoms with Gasteiger partial charge in [0.25, 0.3) is 5.91 Å². The van der Waals surface area contributed by atoms with E-state index in [1.165, 1.54) is 4.90 Å². The molecule has 1 aromatic rings. The molecule has 3 rings (SSSR count). The molecule has 0 spiro atoms. The summed E-state index contributed by atoms with van der Waals surface area (Å²) in [4.78, 5) is 49.8. The lowest BCUT2D eigenvalue weighted by Gasteiger charge is -2.19. The van der Waals surface area contributed by atoms with Crippen LogP contribution in [0.4, 0.5) is 5.69 Å². The smallest absolute Gasteiger partial charge is 0.308 e. The van der Waals surface area contributed by atoms with Crippen molar-refractivity contribution < 1.29 is 23.9 Å². The first-order chi connectivity index (χ1) is 13.4. The van der Waals surface area contributed by atoms with Gasteiger partial charge in [-0.15, -0.1) is 0 Å². The molecule has 1 aromatic carbocycles. The average molecular weight is 386 g/mol. The zero-order valence-corrected chi connectivity index (χ0v) is 16.3. The second kappa shape index (κ2) is 8.54. The van der Waals surface area contributed by atoms with Crippen molar-refractivity contribution in [3.63, 3.8) is 0 Å². The zero-order valence-electron chi connectivity index (χ0n) is 16.3. The first kappa shape index (κ1) is 20.0. The number of anilines is 1. The van der Waals surface area contributed by atoms with Gasteiger partial charge in [0.1, 0.15) is 0 Å². The maximum absolute atomic E-state index is 12.4. The van der Waals surface area contributed by atoms with E-state index in [0.717, 1.165) is 36.8 Å². The summed E-state index contributed by atoms with van der Waals surface area (Å²) in [7, 11) is 0. The molecular formula is C21H26N2O5. The summed E-state index contributed by atoms with van der Waals surface area (Å²) < 4.78 is 4.98. The van der Waals surface area contributed by atoms with Gasteiger partial charge in [-0.25, -0.2) is 0 Å². The number of nitrogens with zero attached hydrogens (tertiary/aromatic N) is 1. The van der Waals surface area contributed by atoms with Gasteiger partial charge in [-0.1, -0.05) is 18.9 Å². The van der Waals surface area contributed by atoms with Crippen LogP contribution in [0, 0.1) is 25.7 Å². The molecule has 0 unspecified atom stereocenters. The fourth-order valence-corrected chi connectivity index (χ4v) is 3.89. The summed E-state index contributed by atoms with van der Waals surface area (Å²) >= 11 is 0. The fraction of sp³-hybridized carbons (Fsp3) is 0.524. The van der Waals surface area contributed by atoms with E-state index in [0.29, 0.717) is 5.69 Å². The lowest BCUT2D eigenvalue weighted by Crippen LogP contribution is -2.33. The fourth-order valence-electron chi connectivity index (χ4n) is 3.89. The SMILES string of the molecule is Cc1ccc(NC(=O)COC(=O)CCN2C(=O)[C@H]3CCCC[C@H]3C2=O)cc1C. The third-order valence-corrected chi connectivity index (χ3v) is 5.63. The van der Waals surface area contributed by atoms with Gasteiger partial charge in [0.15, 0.2) is 6.61 Å². The second-order valence-corrected chi connectivity index (χ2v) is 7.58. The number of amides is 3. The zero-order chi connectivity index (χ0) is 20.3. The average Bonchev–Trinajstić information content (AvgIpc) is 2.92. The monoisotopic (exact) mass is 386 g/mol. The molecule has 1 saturated heterocycles. The van der Waals surface area contributed by atoms with Crippen LogP contribution in [-0.2, 0) is 23.9 Å². The number of likely N-dealkylation sites (tertiary alicyclic amines) is 1. The largest absolute Gasteiger partial charge is 0.456 e. The Kier molecular flexibility index (Phi) is 6.11. The molecule has 1 saturated carbocycles. The van der Waals surface area contributed by atoms with Gasteiger partial charge in [-0.05, 0) is 49.9 Å². The molecule has 150 valence electrons. The van der Waals surface area contributed by atoms with Crippen LogP contribution in [0.25, 0.3) is 0 Å². The molecule has 2 atom stereocenters. The number of hydrogen-bond acceptors (Lipinski definition) is 5. The third kappa shape index (κ3) is 4.40. The molecule has 1 heterocycles. The van der Waals surface area contributed by atoms with E-state index in [9.17, 15) is 19.2 Å². The highest BCUT2D eigenvalue weighted by atomic mass is 16.5. The second-order valence-electron chi connectivity index (χ2n) is 7.58. The highest BCUT2D eigenvalue weighted by molar-refractivity contribution is 6.05. The van der Waals surface area contributed by atoms with Crippen molar-refractivity contribution in [2.75, 3.05) is 18.5 Å². The van der Waals surface area contributed by atoms with Gasteiger partial charge in [0.2, 0.25) is 11.8 Å². The van der Waals surface area contributed by atoms with E-state index in [1.54, 1.807) is 6.07 Å². The summed E-state index contributed by atoms with van der Waals surface area (Å²) in [5.41, 5.74) is 2.81. The standard InChI is InChI=1S/C21H26N2O5/c1-13-7-8-15(11-14(13)2)22-18(24)12-28-19(25)9-10-23-20(26)16-5-3-4-6-17(16)21(23)27/h7-8,11,16-17H,3-6,9-10,12H2,1-2H3,(H,22,24)/t16-,17+. The highest BCUT2D eigenvalue weighted by Gasteiger charge is 2.47. The van der Waals surface area contributed by atoms with Gasteiger partial charge in [-0.2, -0.15) is 0 Å². The minimum absolute atomic E-state index is 0.0161. The number of ether oxygens (including phenoxy) is 1. The van der Waals surface area contributed by atoms with Gasteiger partial charge in [0, 0.05) is 12.2 Å². The molecule has 7 heteroatoms. The van der Waals surface area contributed by atoms with Crippen LogP contribution in [0.3, 0.4) is 0 Å². The first-order valence-electron chi connectivity index (χ1n) is 9.75. The molecule has 1 aliphatic carbocycles. The van der Waals surface area contributed by atoms with Crippen molar-refractivity contribution >= 4 is 29.4 Å². The van der Waals surface area contributed by atoms with Gasteiger partial charge < -0.3 is 10.1 Å². The number of hydrogen-bond donors (Lipinski definition) is 1. The van der Waals surface area contributed by atoms with Crippen molar-refractivity contribution in [1.82, 2.24) is 4.90 Å². The van der Waals surface area contributed by atoms with Crippen LogP contribution in [0.5, 0.6) is 0 Å². The summed E-state index contributed by atoms with van der Waals surface area (Å²) in [6, 6.07) is 5.53. The summed E-state index contributed by atoms with van der Waals surface area (Å²) in [6.07, 6.45) is 3.31. The molecule has 7 nitrogen and oxygen atoms in total. The Morgan fingerprint density at radius 2 is 1.71 bits per heavy atom. The molecule has 3 amide bonds. The van der Waals surface area contributed by atoms with Crippen LogP contribution in [-0.4, -0.2) is 41.7 Å². The highest BCUT2D eigenvalue weighted by Crippen LogP contribution is 2.37. The Bertz CT molecular complexity index is 780. The van der Waals surface area contributed by atoms with Crippen LogP contribution < -0.4 is 5.32 Å². The van der Waals surface area contributed by atoms with Crippen molar-refractivity contribution in [3.8, 4) is 0 Å². The molecule has 0 bridgehead atoms.